The van der Waals surface area contributed by atoms with Crippen molar-refractivity contribution in [2.45, 2.75) is 10.1 Å². The maximum absolute atomic E-state index is 14.5. The summed E-state index contributed by atoms with van der Waals surface area (Å²) >= 11 is 13.6. The Hall–Kier alpha value is -1.82. The molecule has 7 heteroatoms. The molecule has 0 saturated heterocycles. The lowest BCUT2D eigenvalue weighted by Crippen LogP contribution is -2.04. The molecule has 2 aromatic carbocycles. The van der Waals surface area contributed by atoms with Gasteiger partial charge in [-0.1, -0.05) is 23.2 Å². The molecule has 134 valence electrons. The van der Waals surface area contributed by atoms with E-state index in [1.54, 1.807) is 25.2 Å². The van der Waals surface area contributed by atoms with Crippen molar-refractivity contribution in [1.29, 1.82) is 0 Å². The first-order valence-corrected chi connectivity index (χ1v) is 9.32. The predicted octanol–water partition coefficient (Wildman–Crippen LogP) is 6.59. The van der Waals surface area contributed by atoms with Gasteiger partial charge in [-0.05, 0) is 54.1 Å². The minimum Gasteiger partial charge on any atom is -0.373 e. The van der Waals surface area contributed by atoms with Gasteiger partial charge in [0.1, 0.15) is 17.5 Å². The average molecular weight is 411 g/mol. The second-order valence-electron chi connectivity index (χ2n) is 5.46. The van der Waals surface area contributed by atoms with Gasteiger partial charge < -0.3 is 5.32 Å². The van der Waals surface area contributed by atoms with Crippen LogP contribution < -0.4 is 5.32 Å². The fourth-order valence-electron chi connectivity index (χ4n) is 2.45. The van der Waals surface area contributed by atoms with Gasteiger partial charge in [0.05, 0.1) is 10.3 Å². The van der Waals surface area contributed by atoms with Crippen molar-refractivity contribution in [2.75, 3.05) is 12.4 Å². The van der Waals surface area contributed by atoms with Crippen LogP contribution in [0.4, 0.5) is 14.6 Å². The highest BCUT2D eigenvalue weighted by molar-refractivity contribution is 7.99. The third-order valence-electron chi connectivity index (χ3n) is 3.73. The first kappa shape index (κ1) is 19.0. The number of rotatable bonds is 5. The quantitative estimate of drug-likeness (QED) is 0.480. The number of aromatic nitrogens is 1. The second-order valence-corrected chi connectivity index (χ2v) is 7.48. The molecule has 0 amide bonds. The van der Waals surface area contributed by atoms with E-state index in [2.05, 4.69) is 10.3 Å². The number of nitrogens with zero attached hydrogens (tertiary/aromatic N) is 1. The summed E-state index contributed by atoms with van der Waals surface area (Å²) in [4.78, 5) is 5.00. The van der Waals surface area contributed by atoms with E-state index < -0.39 is 16.9 Å². The van der Waals surface area contributed by atoms with Gasteiger partial charge >= 0.3 is 0 Å². The molecule has 0 aliphatic rings. The number of anilines is 1. The van der Waals surface area contributed by atoms with Crippen LogP contribution in [0.1, 0.15) is 16.4 Å². The van der Waals surface area contributed by atoms with Crippen molar-refractivity contribution < 1.29 is 8.78 Å². The highest BCUT2D eigenvalue weighted by atomic mass is 35.5. The van der Waals surface area contributed by atoms with Crippen molar-refractivity contribution in [3.63, 3.8) is 0 Å². The summed E-state index contributed by atoms with van der Waals surface area (Å²) in [7, 11) is 1.73. The van der Waals surface area contributed by atoms with Gasteiger partial charge in [-0.3, -0.25) is 0 Å². The summed E-state index contributed by atoms with van der Waals surface area (Å²) in [6, 6.07) is 12.3. The van der Waals surface area contributed by atoms with E-state index in [0.29, 0.717) is 21.4 Å². The largest absolute Gasteiger partial charge is 0.373 e. The summed E-state index contributed by atoms with van der Waals surface area (Å²) in [6.07, 6.45) is 1.50. The molecule has 0 bridgehead atoms. The highest BCUT2D eigenvalue weighted by Gasteiger charge is 2.23. The topological polar surface area (TPSA) is 24.9 Å². The molecule has 3 aromatic rings. The van der Waals surface area contributed by atoms with Crippen LogP contribution in [0, 0.1) is 11.6 Å². The minimum atomic E-state index is -0.561. The van der Waals surface area contributed by atoms with E-state index in [9.17, 15) is 8.78 Å². The summed E-state index contributed by atoms with van der Waals surface area (Å²) in [5.41, 5.74) is 0.843. The fraction of sp³-hybridized carbons (Fsp3) is 0.105. The number of thioether (sulfide) groups is 1. The summed E-state index contributed by atoms with van der Waals surface area (Å²) < 4.78 is 28.3. The minimum absolute atomic E-state index is 0.208. The van der Waals surface area contributed by atoms with Crippen molar-refractivity contribution in [3.8, 4) is 0 Å². The Morgan fingerprint density at radius 3 is 2.42 bits per heavy atom. The highest BCUT2D eigenvalue weighted by Crippen LogP contribution is 2.44. The van der Waals surface area contributed by atoms with Crippen LogP contribution in [0.2, 0.25) is 10.0 Å². The fourth-order valence-corrected chi connectivity index (χ4v) is 4.05. The van der Waals surface area contributed by atoms with Crippen LogP contribution in [0.15, 0.2) is 59.6 Å². The van der Waals surface area contributed by atoms with E-state index in [-0.39, 0.29) is 5.56 Å². The summed E-state index contributed by atoms with van der Waals surface area (Å²) in [5, 5.41) is 3.35. The van der Waals surface area contributed by atoms with Gasteiger partial charge in [-0.15, -0.1) is 11.8 Å². The normalized spacial score (nSPS) is 12.0. The number of nitrogens with one attached hydrogen (secondary N) is 1. The standard InChI is InChI=1S/C19H14Cl2F2N2S/c1-24-18-9-14(16(21)10-25-18)19(15-8-12(22)4-7-17(15)23)26-13-5-2-11(20)3-6-13/h2-10,19H,1H3,(H,24,25). The zero-order chi connectivity index (χ0) is 18.7. The zero-order valence-electron chi connectivity index (χ0n) is 13.6. The molecule has 0 aliphatic carbocycles. The van der Waals surface area contributed by atoms with Crippen molar-refractivity contribution >= 4 is 40.8 Å². The molecule has 26 heavy (non-hydrogen) atoms. The van der Waals surface area contributed by atoms with Crippen LogP contribution in [0.25, 0.3) is 0 Å². The Morgan fingerprint density at radius 2 is 1.73 bits per heavy atom. The third kappa shape index (κ3) is 4.29. The monoisotopic (exact) mass is 410 g/mol. The number of benzene rings is 2. The van der Waals surface area contributed by atoms with Crippen LogP contribution in [-0.4, -0.2) is 12.0 Å². The molecule has 1 atom stereocenters. The van der Waals surface area contributed by atoms with Crippen molar-refractivity contribution in [1.82, 2.24) is 4.98 Å². The molecule has 0 aliphatic heterocycles. The Morgan fingerprint density at radius 1 is 1.00 bits per heavy atom. The molecule has 1 aromatic heterocycles. The Kier molecular flexibility index (Phi) is 6.01. The van der Waals surface area contributed by atoms with Crippen LogP contribution in [0.5, 0.6) is 0 Å². The lowest BCUT2D eigenvalue weighted by molar-refractivity contribution is 0.587. The van der Waals surface area contributed by atoms with Gasteiger partial charge in [-0.25, -0.2) is 13.8 Å². The molecule has 1 N–H and O–H groups in total. The van der Waals surface area contributed by atoms with E-state index >= 15 is 0 Å². The molecule has 0 saturated carbocycles. The number of halogens is 4. The third-order valence-corrected chi connectivity index (χ3v) is 5.59. The lowest BCUT2D eigenvalue weighted by atomic mass is 10.0. The molecule has 2 nitrogen and oxygen atoms in total. The number of pyridine rings is 1. The van der Waals surface area contributed by atoms with E-state index in [1.165, 1.54) is 24.0 Å². The van der Waals surface area contributed by atoms with Gasteiger partial charge in [0.15, 0.2) is 0 Å². The average Bonchev–Trinajstić information content (AvgIpc) is 2.64. The van der Waals surface area contributed by atoms with Gasteiger partial charge in [0.25, 0.3) is 0 Å². The number of hydrogen-bond acceptors (Lipinski definition) is 3. The molecule has 0 fully saturated rings. The van der Waals surface area contributed by atoms with Crippen LogP contribution in [-0.2, 0) is 0 Å². The zero-order valence-corrected chi connectivity index (χ0v) is 16.0. The lowest BCUT2D eigenvalue weighted by Gasteiger charge is -2.20. The second kappa shape index (κ2) is 8.25. The van der Waals surface area contributed by atoms with Gasteiger partial charge in [0, 0.05) is 28.7 Å². The van der Waals surface area contributed by atoms with Crippen molar-refractivity contribution in [3.05, 3.63) is 87.5 Å². The van der Waals surface area contributed by atoms with Crippen LogP contribution in [0.3, 0.4) is 0 Å². The summed E-state index contributed by atoms with van der Waals surface area (Å²) in [5.74, 6) is -0.429. The van der Waals surface area contributed by atoms with Crippen molar-refractivity contribution in [2.24, 2.45) is 0 Å². The van der Waals surface area contributed by atoms with Crippen LogP contribution >= 0.6 is 35.0 Å². The molecular weight excluding hydrogens is 397 g/mol. The maximum Gasteiger partial charge on any atom is 0.128 e. The van der Waals surface area contributed by atoms with E-state index in [4.69, 9.17) is 23.2 Å². The Balaban J connectivity index is 2.12. The van der Waals surface area contributed by atoms with Gasteiger partial charge in [0.2, 0.25) is 0 Å². The summed E-state index contributed by atoms with van der Waals surface area (Å²) in [6.45, 7) is 0. The first-order chi connectivity index (χ1) is 12.5. The van der Waals surface area contributed by atoms with Gasteiger partial charge in [-0.2, -0.15) is 0 Å². The number of hydrogen-bond donors (Lipinski definition) is 1. The molecule has 0 radical (unpaired) electrons. The molecule has 0 spiro atoms. The predicted molar refractivity (Wildman–Crippen MR) is 104 cm³/mol. The Labute approximate surface area is 164 Å². The van der Waals surface area contributed by atoms with E-state index in [1.807, 2.05) is 12.1 Å². The SMILES string of the molecule is CNc1cc(C(Sc2ccc(Cl)cc2)c2cc(F)ccc2F)c(Cl)cn1. The molecule has 1 unspecified atom stereocenters. The Bertz CT molecular complexity index is 920. The maximum atomic E-state index is 14.5. The smallest absolute Gasteiger partial charge is 0.128 e. The first-order valence-electron chi connectivity index (χ1n) is 7.68. The van der Waals surface area contributed by atoms with E-state index in [0.717, 1.165) is 17.0 Å². The molecule has 3 rings (SSSR count). The molecule has 1 heterocycles. The molecular formula is C19H14Cl2F2N2S.